The lowest BCUT2D eigenvalue weighted by atomic mass is 9.74. The van der Waals surface area contributed by atoms with Gasteiger partial charge < -0.3 is 9.45 Å². The molecule has 2 fully saturated rings. The predicted molar refractivity (Wildman–Crippen MR) is 137 cm³/mol. The molecule has 182 valence electrons. The van der Waals surface area contributed by atoms with Crippen LogP contribution in [-0.4, -0.2) is 53.0 Å². The van der Waals surface area contributed by atoms with Crippen molar-refractivity contribution in [3.8, 4) is 0 Å². The van der Waals surface area contributed by atoms with Crippen molar-refractivity contribution in [1.29, 1.82) is 0 Å². The highest BCUT2D eigenvalue weighted by Gasteiger charge is 2.48. The van der Waals surface area contributed by atoms with Crippen LogP contribution >= 0.6 is 23.4 Å². The van der Waals surface area contributed by atoms with E-state index in [1.165, 1.54) is 24.6 Å². The van der Waals surface area contributed by atoms with Crippen molar-refractivity contribution < 1.29 is 4.55 Å². The molecule has 1 aliphatic heterocycles. The highest BCUT2D eigenvalue weighted by Crippen LogP contribution is 2.47. The molecule has 3 aromatic heterocycles. The van der Waals surface area contributed by atoms with E-state index >= 15 is 0 Å². The van der Waals surface area contributed by atoms with E-state index in [1.54, 1.807) is 12.4 Å². The van der Waals surface area contributed by atoms with Crippen molar-refractivity contribution in [2.45, 2.75) is 73.5 Å². The number of rotatable bonds is 5. The fraction of sp³-hybridized carbons (Fsp3) is 0.565. The molecule has 4 heterocycles. The molecule has 1 aliphatic carbocycles. The van der Waals surface area contributed by atoms with Crippen molar-refractivity contribution in [1.82, 2.24) is 29.3 Å². The molecule has 2 atom stereocenters. The molecular formula is C23H30ClN7OS2. The Morgan fingerprint density at radius 3 is 2.71 bits per heavy atom. The van der Waals surface area contributed by atoms with Gasteiger partial charge in [-0.1, -0.05) is 29.8 Å². The van der Waals surface area contributed by atoms with Crippen molar-refractivity contribution in [2.24, 2.45) is 5.41 Å². The standard InChI is InChI=1S/C23H30ClN7OS2/c1-22(2,3)34(32)29-18-5-4-7-23(18)8-12-30(13-9-23)21-26-15-17(20-25-11-14-31(20)21)33-16-6-10-27-28-19(16)24/h6,10-11,14-15,18,29H,4-5,7-9,12-13H2,1-3H3/t18-,34-/m1/s1. The van der Waals surface area contributed by atoms with Crippen LogP contribution in [0.5, 0.6) is 0 Å². The summed E-state index contributed by atoms with van der Waals surface area (Å²) in [6.07, 6.45) is 12.9. The van der Waals surface area contributed by atoms with Crippen molar-refractivity contribution in [3.05, 3.63) is 36.0 Å². The second-order valence-electron chi connectivity index (χ2n) is 10.1. The van der Waals surface area contributed by atoms with Crippen LogP contribution in [0.15, 0.2) is 40.6 Å². The number of halogens is 1. The van der Waals surface area contributed by atoms with E-state index in [0.29, 0.717) is 11.2 Å². The third-order valence-electron chi connectivity index (χ3n) is 6.99. The number of nitrogens with one attached hydrogen (secondary N) is 1. The maximum Gasteiger partial charge on any atom is 0.211 e. The van der Waals surface area contributed by atoms with Crippen LogP contribution in [0.2, 0.25) is 5.15 Å². The lowest BCUT2D eigenvalue weighted by molar-refractivity contribution is 0.186. The second-order valence-corrected chi connectivity index (χ2v) is 13.6. The zero-order valence-electron chi connectivity index (χ0n) is 19.7. The molecule has 1 saturated carbocycles. The van der Waals surface area contributed by atoms with Crippen molar-refractivity contribution in [3.63, 3.8) is 0 Å². The highest BCUT2D eigenvalue weighted by molar-refractivity contribution is 7.99. The normalized spacial score (nSPS) is 21.4. The third kappa shape index (κ3) is 4.63. The van der Waals surface area contributed by atoms with E-state index in [-0.39, 0.29) is 10.2 Å². The van der Waals surface area contributed by atoms with Crippen LogP contribution in [0, 0.1) is 5.41 Å². The largest absolute Gasteiger partial charge is 0.598 e. The van der Waals surface area contributed by atoms with E-state index in [4.69, 9.17) is 16.6 Å². The van der Waals surface area contributed by atoms with Crippen LogP contribution in [-0.2, 0) is 11.4 Å². The van der Waals surface area contributed by atoms with Crippen molar-refractivity contribution >= 4 is 46.3 Å². The lowest BCUT2D eigenvalue weighted by Gasteiger charge is -2.44. The smallest absolute Gasteiger partial charge is 0.211 e. The number of imidazole rings is 1. The number of nitrogens with zero attached hydrogens (tertiary/aromatic N) is 6. The van der Waals surface area contributed by atoms with Gasteiger partial charge in [0.25, 0.3) is 0 Å². The molecule has 1 N–H and O–H groups in total. The molecule has 0 aromatic carbocycles. The molecule has 2 aliphatic rings. The predicted octanol–water partition coefficient (Wildman–Crippen LogP) is 4.51. The molecule has 0 radical (unpaired) electrons. The Bertz CT molecular complexity index is 1160. The van der Waals surface area contributed by atoms with E-state index in [9.17, 15) is 4.55 Å². The van der Waals surface area contributed by atoms with Gasteiger partial charge in [0.05, 0.1) is 22.0 Å². The van der Waals surface area contributed by atoms with Gasteiger partial charge in [-0.15, -0.1) is 9.82 Å². The number of piperidine rings is 1. The summed E-state index contributed by atoms with van der Waals surface area (Å²) in [4.78, 5) is 13.5. The molecule has 1 saturated heterocycles. The Labute approximate surface area is 212 Å². The molecule has 0 amide bonds. The maximum absolute atomic E-state index is 12.8. The topological polar surface area (TPSA) is 94.3 Å². The summed E-state index contributed by atoms with van der Waals surface area (Å²) < 4.78 is 18.1. The molecule has 1 spiro atoms. The summed E-state index contributed by atoms with van der Waals surface area (Å²) >= 11 is 6.65. The highest BCUT2D eigenvalue weighted by atomic mass is 35.5. The van der Waals surface area contributed by atoms with Gasteiger partial charge in [-0.25, -0.2) is 9.97 Å². The minimum absolute atomic E-state index is 0.215. The van der Waals surface area contributed by atoms with Gasteiger partial charge in [-0.05, 0) is 57.9 Å². The molecule has 8 nitrogen and oxygen atoms in total. The third-order valence-corrected chi connectivity index (χ3v) is 10.0. The molecule has 11 heteroatoms. The number of hydrogen-bond donors (Lipinski definition) is 1. The van der Waals surface area contributed by atoms with Gasteiger partial charge in [0, 0.05) is 43.0 Å². The minimum Gasteiger partial charge on any atom is -0.598 e. The van der Waals surface area contributed by atoms with Gasteiger partial charge in [-0.3, -0.25) is 4.40 Å². The molecule has 3 aromatic rings. The van der Waals surface area contributed by atoms with Gasteiger partial charge in [-0.2, -0.15) is 5.10 Å². The first-order valence-corrected chi connectivity index (χ1v) is 14.0. The zero-order chi connectivity index (χ0) is 23.9. The zero-order valence-corrected chi connectivity index (χ0v) is 22.1. The quantitative estimate of drug-likeness (QED) is 0.492. The Hall–Kier alpha value is -1.59. The summed E-state index contributed by atoms with van der Waals surface area (Å²) in [5, 5.41) is 8.11. The molecule has 0 bridgehead atoms. The summed E-state index contributed by atoms with van der Waals surface area (Å²) in [6.45, 7) is 7.94. The van der Waals surface area contributed by atoms with Crippen LogP contribution in [0.4, 0.5) is 5.95 Å². The summed E-state index contributed by atoms with van der Waals surface area (Å²) in [5.41, 5.74) is 1.07. The first kappa shape index (κ1) is 24.1. The fourth-order valence-corrected chi connectivity index (χ4v) is 7.11. The number of hydrogen-bond acceptors (Lipinski definition) is 8. The second kappa shape index (κ2) is 9.46. The summed E-state index contributed by atoms with van der Waals surface area (Å²) in [7, 11) is 0. The van der Waals surface area contributed by atoms with Crippen LogP contribution < -0.4 is 9.62 Å². The molecular weight excluding hydrogens is 490 g/mol. The first-order chi connectivity index (χ1) is 16.3. The van der Waals surface area contributed by atoms with E-state index in [0.717, 1.165) is 53.7 Å². The minimum atomic E-state index is -1.04. The van der Waals surface area contributed by atoms with E-state index in [1.807, 2.05) is 39.2 Å². The Balaban J connectivity index is 1.33. The van der Waals surface area contributed by atoms with Gasteiger partial charge in [0.2, 0.25) is 5.95 Å². The number of anilines is 1. The summed E-state index contributed by atoms with van der Waals surface area (Å²) in [5.74, 6) is 0.909. The van der Waals surface area contributed by atoms with Gasteiger partial charge >= 0.3 is 0 Å². The van der Waals surface area contributed by atoms with Crippen LogP contribution in [0.3, 0.4) is 0 Å². The molecule has 34 heavy (non-hydrogen) atoms. The van der Waals surface area contributed by atoms with E-state index in [2.05, 4.69) is 29.2 Å². The number of fused-ring (bicyclic) bond motifs is 1. The molecule has 5 rings (SSSR count). The van der Waals surface area contributed by atoms with E-state index < -0.39 is 11.4 Å². The SMILES string of the molecule is CC(C)(C)[S@@+]([O-])N[C@@H]1CCCC12CCN(c1ncc(Sc3ccnnc3Cl)c3nccn13)CC2. The monoisotopic (exact) mass is 519 g/mol. The average Bonchev–Trinajstić information content (AvgIpc) is 3.44. The Morgan fingerprint density at radius 2 is 1.97 bits per heavy atom. The van der Waals surface area contributed by atoms with Crippen molar-refractivity contribution in [2.75, 3.05) is 18.0 Å². The van der Waals surface area contributed by atoms with Crippen LogP contribution in [0.1, 0.15) is 52.9 Å². The summed E-state index contributed by atoms with van der Waals surface area (Å²) in [6, 6.07) is 2.16. The van der Waals surface area contributed by atoms with Gasteiger partial charge in [0.1, 0.15) is 4.75 Å². The fourth-order valence-electron chi connectivity index (χ4n) is 5.07. The maximum atomic E-state index is 12.8. The Morgan fingerprint density at radius 1 is 1.18 bits per heavy atom. The lowest BCUT2D eigenvalue weighted by Crippen LogP contribution is -2.53. The average molecular weight is 520 g/mol. The number of aromatic nitrogens is 5. The molecule has 0 unspecified atom stereocenters. The first-order valence-electron chi connectivity index (χ1n) is 11.7. The van der Waals surface area contributed by atoms with Gasteiger partial charge in [0.15, 0.2) is 10.8 Å². The van der Waals surface area contributed by atoms with Crippen LogP contribution in [0.25, 0.3) is 5.65 Å². The Kier molecular flexibility index (Phi) is 6.71.